The Bertz CT molecular complexity index is 395. The van der Waals surface area contributed by atoms with Crippen molar-refractivity contribution in [2.75, 3.05) is 44.2 Å². The lowest BCUT2D eigenvalue weighted by atomic mass is 9.95. The topological polar surface area (TPSA) is 31.4 Å². The highest BCUT2D eigenvalue weighted by atomic mass is 15.3. The summed E-state index contributed by atoms with van der Waals surface area (Å²) in [5.41, 5.74) is 0. The van der Waals surface area contributed by atoms with Gasteiger partial charge in [0.15, 0.2) is 0 Å². The Kier molecular flexibility index (Phi) is 5.46. The van der Waals surface area contributed by atoms with E-state index in [1.54, 1.807) is 0 Å². The molecule has 1 saturated carbocycles. The monoisotopic (exact) mass is 288 g/mol. The summed E-state index contributed by atoms with van der Waals surface area (Å²) in [5.74, 6) is 1.12. The Morgan fingerprint density at radius 3 is 2.57 bits per heavy atom. The van der Waals surface area contributed by atoms with Crippen LogP contribution in [0.4, 0.5) is 5.82 Å². The van der Waals surface area contributed by atoms with Crippen molar-refractivity contribution >= 4 is 5.82 Å². The minimum Gasteiger partial charge on any atom is -0.354 e. The maximum absolute atomic E-state index is 4.45. The molecule has 21 heavy (non-hydrogen) atoms. The molecule has 4 heteroatoms. The van der Waals surface area contributed by atoms with E-state index in [4.69, 9.17) is 0 Å². The molecule has 1 aliphatic carbocycles. The standard InChI is InChI=1S/C17H28N4/c1-2-6-16(7-3-1)18-10-11-20-12-14-21(15-13-20)17-8-4-5-9-19-17/h4-5,8-9,16,18H,1-3,6-7,10-15H2. The molecule has 0 radical (unpaired) electrons. The Hall–Kier alpha value is -1.13. The van der Waals surface area contributed by atoms with E-state index in [0.717, 1.165) is 44.6 Å². The summed E-state index contributed by atoms with van der Waals surface area (Å²) in [6.45, 7) is 6.84. The van der Waals surface area contributed by atoms with Crippen LogP contribution in [0.1, 0.15) is 32.1 Å². The molecule has 1 saturated heterocycles. The molecule has 0 bridgehead atoms. The summed E-state index contributed by atoms with van der Waals surface area (Å²) < 4.78 is 0. The molecular weight excluding hydrogens is 260 g/mol. The van der Waals surface area contributed by atoms with E-state index >= 15 is 0 Å². The quantitative estimate of drug-likeness (QED) is 0.899. The lowest BCUT2D eigenvalue weighted by Gasteiger charge is -2.35. The van der Waals surface area contributed by atoms with Gasteiger partial charge in [-0.25, -0.2) is 4.98 Å². The average molecular weight is 288 g/mol. The molecule has 1 aromatic heterocycles. The highest BCUT2D eigenvalue weighted by Crippen LogP contribution is 2.17. The normalized spacial score (nSPS) is 21.6. The summed E-state index contributed by atoms with van der Waals surface area (Å²) in [5, 5.41) is 3.74. The van der Waals surface area contributed by atoms with Crippen LogP contribution in [-0.4, -0.2) is 55.2 Å². The molecule has 2 aliphatic rings. The highest BCUT2D eigenvalue weighted by molar-refractivity contribution is 5.38. The minimum atomic E-state index is 0.786. The van der Waals surface area contributed by atoms with Crippen LogP contribution in [0.3, 0.4) is 0 Å². The van der Waals surface area contributed by atoms with Crippen molar-refractivity contribution < 1.29 is 0 Å². The maximum atomic E-state index is 4.45. The molecule has 2 fully saturated rings. The zero-order valence-corrected chi connectivity index (χ0v) is 13.0. The van der Waals surface area contributed by atoms with Crippen LogP contribution in [0.25, 0.3) is 0 Å². The van der Waals surface area contributed by atoms with Gasteiger partial charge in [-0.05, 0) is 25.0 Å². The fourth-order valence-corrected chi connectivity index (χ4v) is 3.47. The molecule has 0 spiro atoms. The smallest absolute Gasteiger partial charge is 0.128 e. The predicted molar refractivity (Wildman–Crippen MR) is 87.8 cm³/mol. The van der Waals surface area contributed by atoms with Gasteiger partial charge in [-0.15, -0.1) is 0 Å². The van der Waals surface area contributed by atoms with Gasteiger partial charge in [0.2, 0.25) is 0 Å². The first-order chi connectivity index (χ1) is 10.4. The molecule has 1 aliphatic heterocycles. The zero-order chi connectivity index (χ0) is 14.3. The number of hydrogen-bond donors (Lipinski definition) is 1. The van der Waals surface area contributed by atoms with Crippen molar-refractivity contribution in [3.05, 3.63) is 24.4 Å². The van der Waals surface area contributed by atoms with Crippen molar-refractivity contribution in [2.24, 2.45) is 0 Å². The van der Waals surface area contributed by atoms with E-state index in [-0.39, 0.29) is 0 Å². The molecule has 3 rings (SSSR count). The average Bonchev–Trinajstić information content (AvgIpc) is 2.57. The van der Waals surface area contributed by atoms with Crippen molar-refractivity contribution in [1.29, 1.82) is 0 Å². The predicted octanol–water partition coefficient (Wildman–Crippen LogP) is 2.13. The number of anilines is 1. The van der Waals surface area contributed by atoms with Gasteiger partial charge in [-0.2, -0.15) is 0 Å². The molecule has 0 atom stereocenters. The van der Waals surface area contributed by atoms with Gasteiger partial charge in [-0.1, -0.05) is 25.3 Å². The Labute approximate surface area is 128 Å². The molecule has 0 amide bonds. The Balaban J connectivity index is 1.34. The summed E-state index contributed by atoms with van der Waals surface area (Å²) in [4.78, 5) is 9.42. The Morgan fingerprint density at radius 2 is 1.86 bits per heavy atom. The van der Waals surface area contributed by atoms with Crippen molar-refractivity contribution in [2.45, 2.75) is 38.1 Å². The van der Waals surface area contributed by atoms with E-state index in [9.17, 15) is 0 Å². The van der Waals surface area contributed by atoms with Crippen LogP contribution < -0.4 is 10.2 Å². The lowest BCUT2D eigenvalue weighted by molar-refractivity contribution is 0.248. The molecule has 0 aromatic carbocycles. The molecule has 0 unspecified atom stereocenters. The molecule has 1 aromatic rings. The number of hydrogen-bond acceptors (Lipinski definition) is 4. The SMILES string of the molecule is c1ccc(N2CCN(CCNC3CCCCC3)CC2)nc1. The molecule has 116 valence electrons. The van der Waals surface area contributed by atoms with Crippen LogP contribution >= 0.6 is 0 Å². The number of pyridine rings is 1. The minimum absolute atomic E-state index is 0.786. The fraction of sp³-hybridized carbons (Fsp3) is 0.706. The second-order valence-corrected chi connectivity index (χ2v) is 6.31. The van der Waals surface area contributed by atoms with Crippen LogP contribution in [0.2, 0.25) is 0 Å². The summed E-state index contributed by atoms with van der Waals surface area (Å²) in [6, 6.07) is 6.95. The van der Waals surface area contributed by atoms with Gasteiger partial charge < -0.3 is 10.2 Å². The van der Waals surface area contributed by atoms with Gasteiger partial charge in [0.05, 0.1) is 0 Å². The van der Waals surface area contributed by atoms with E-state index in [1.807, 2.05) is 12.3 Å². The highest BCUT2D eigenvalue weighted by Gasteiger charge is 2.18. The maximum Gasteiger partial charge on any atom is 0.128 e. The first-order valence-electron chi connectivity index (χ1n) is 8.53. The van der Waals surface area contributed by atoms with Crippen LogP contribution in [0, 0.1) is 0 Å². The van der Waals surface area contributed by atoms with Crippen LogP contribution in [0.15, 0.2) is 24.4 Å². The van der Waals surface area contributed by atoms with Crippen molar-refractivity contribution in [1.82, 2.24) is 15.2 Å². The zero-order valence-electron chi connectivity index (χ0n) is 13.0. The van der Waals surface area contributed by atoms with Crippen LogP contribution in [-0.2, 0) is 0 Å². The van der Waals surface area contributed by atoms with Crippen molar-refractivity contribution in [3.63, 3.8) is 0 Å². The number of nitrogens with zero attached hydrogens (tertiary/aromatic N) is 3. The lowest BCUT2D eigenvalue weighted by Crippen LogP contribution is -2.49. The van der Waals surface area contributed by atoms with E-state index in [2.05, 4.69) is 32.2 Å². The van der Waals surface area contributed by atoms with E-state index in [1.165, 1.54) is 38.6 Å². The second-order valence-electron chi connectivity index (χ2n) is 6.31. The molecule has 1 N–H and O–H groups in total. The molecular formula is C17H28N4. The number of nitrogens with one attached hydrogen (secondary N) is 1. The summed E-state index contributed by atoms with van der Waals surface area (Å²) in [7, 11) is 0. The van der Waals surface area contributed by atoms with Crippen LogP contribution in [0.5, 0.6) is 0 Å². The molecule has 4 nitrogen and oxygen atoms in total. The summed E-state index contributed by atoms with van der Waals surface area (Å²) >= 11 is 0. The van der Waals surface area contributed by atoms with Gasteiger partial charge in [0, 0.05) is 51.5 Å². The molecule has 2 heterocycles. The third kappa shape index (κ3) is 4.42. The summed E-state index contributed by atoms with van der Waals surface area (Å²) in [6.07, 6.45) is 8.92. The number of aromatic nitrogens is 1. The van der Waals surface area contributed by atoms with E-state index < -0.39 is 0 Å². The largest absolute Gasteiger partial charge is 0.354 e. The van der Waals surface area contributed by atoms with Crippen molar-refractivity contribution in [3.8, 4) is 0 Å². The third-order valence-corrected chi connectivity index (χ3v) is 4.81. The fourth-order valence-electron chi connectivity index (χ4n) is 3.47. The first kappa shape index (κ1) is 14.8. The van der Waals surface area contributed by atoms with Gasteiger partial charge >= 0.3 is 0 Å². The Morgan fingerprint density at radius 1 is 1.05 bits per heavy atom. The first-order valence-corrected chi connectivity index (χ1v) is 8.53. The van der Waals surface area contributed by atoms with E-state index in [0.29, 0.717) is 0 Å². The third-order valence-electron chi connectivity index (χ3n) is 4.81. The van der Waals surface area contributed by atoms with Gasteiger partial charge in [-0.3, -0.25) is 4.90 Å². The number of piperazine rings is 1. The van der Waals surface area contributed by atoms with Gasteiger partial charge in [0.25, 0.3) is 0 Å². The second kappa shape index (κ2) is 7.76. The van der Waals surface area contributed by atoms with Gasteiger partial charge in [0.1, 0.15) is 5.82 Å². The number of rotatable bonds is 5.